The van der Waals surface area contributed by atoms with Crippen LogP contribution in [0.2, 0.25) is 0 Å². The van der Waals surface area contributed by atoms with Crippen LogP contribution in [-0.4, -0.2) is 63.4 Å². The van der Waals surface area contributed by atoms with Crippen molar-refractivity contribution in [2.75, 3.05) is 44.1 Å². The van der Waals surface area contributed by atoms with Crippen molar-refractivity contribution in [2.45, 2.75) is 16.2 Å². The summed E-state index contributed by atoms with van der Waals surface area (Å²) in [6, 6.07) is 14.3. The average Bonchev–Trinajstić information content (AvgIpc) is 3.15. The molecule has 0 fully saturated rings. The first-order chi connectivity index (χ1) is 14.3. The van der Waals surface area contributed by atoms with E-state index in [2.05, 4.69) is 11.1 Å². The SMILES string of the molecule is CSc1ccc2nc(N(CCN(C)C)C(=O)CCS(=O)(=O)c3ccccc3)sc2c1. The average molecular weight is 464 g/mol. The molecule has 0 spiro atoms. The molecular formula is C21H25N3O3S3. The molecular weight excluding hydrogens is 438 g/mol. The van der Waals surface area contributed by atoms with Crippen LogP contribution in [0.4, 0.5) is 5.13 Å². The summed E-state index contributed by atoms with van der Waals surface area (Å²) in [4.78, 5) is 22.7. The van der Waals surface area contributed by atoms with Crippen molar-refractivity contribution in [3.8, 4) is 0 Å². The molecule has 1 amide bonds. The molecule has 1 heterocycles. The Hall–Kier alpha value is -1.94. The van der Waals surface area contributed by atoms with E-state index in [-0.39, 0.29) is 23.0 Å². The Morgan fingerprint density at radius 2 is 1.83 bits per heavy atom. The van der Waals surface area contributed by atoms with E-state index in [0.717, 1.165) is 15.1 Å². The number of carbonyl (C=O) groups is 1. The lowest BCUT2D eigenvalue weighted by Gasteiger charge is -2.22. The van der Waals surface area contributed by atoms with Gasteiger partial charge < -0.3 is 4.90 Å². The van der Waals surface area contributed by atoms with Gasteiger partial charge in [0.15, 0.2) is 15.0 Å². The Balaban J connectivity index is 1.81. The number of amides is 1. The highest BCUT2D eigenvalue weighted by Crippen LogP contribution is 2.32. The van der Waals surface area contributed by atoms with Crippen molar-refractivity contribution in [3.63, 3.8) is 0 Å². The zero-order valence-corrected chi connectivity index (χ0v) is 19.7. The quantitative estimate of drug-likeness (QED) is 0.450. The second kappa shape index (κ2) is 9.91. The maximum atomic E-state index is 13.0. The van der Waals surface area contributed by atoms with E-state index >= 15 is 0 Å². The van der Waals surface area contributed by atoms with Gasteiger partial charge in [-0.1, -0.05) is 29.5 Å². The largest absolute Gasteiger partial charge is 0.308 e. The van der Waals surface area contributed by atoms with E-state index in [1.54, 1.807) is 47.0 Å². The van der Waals surface area contributed by atoms with Gasteiger partial charge in [0.05, 0.1) is 20.9 Å². The molecule has 9 heteroatoms. The van der Waals surface area contributed by atoms with Gasteiger partial charge in [0.25, 0.3) is 0 Å². The molecule has 0 saturated heterocycles. The number of sulfone groups is 1. The molecule has 1 aromatic heterocycles. The van der Waals surface area contributed by atoms with Crippen molar-refractivity contribution in [2.24, 2.45) is 0 Å². The van der Waals surface area contributed by atoms with Crippen LogP contribution in [0, 0.1) is 0 Å². The smallest absolute Gasteiger partial charge is 0.229 e. The number of likely N-dealkylation sites (N-methyl/N-ethyl adjacent to an activating group) is 1. The van der Waals surface area contributed by atoms with E-state index < -0.39 is 9.84 Å². The van der Waals surface area contributed by atoms with Crippen LogP contribution in [0.3, 0.4) is 0 Å². The molecule has 30 heavy (non-hydrogen) atoms. The predicted octanol–water partition coefficient (Wildman–Crippen LogP) is 3.78. The summed E-state index contributed by atoms with van der Waals surface area (Å²) in [7, 11) is 0.359. The Bertz CT molecular complexity index is 1110. The molecule has 6 nitrogen and oxygen atoms in total. The van der Waals surface area contributed by atoms with Gasteiger partial charge in [-0.2, -0.15) is 0 Å². The zero-order valence-electron chi connectivity index (χ0n) is 17.2. The monoisotopic (exact) mass is 463 g/mol. The fraction of sp³-hybridized carbons (Fsp3) is 0.333. The third-order valence-corrected chi connectivity index (χ3v) is 8.07. The number of carbonyl (C=O) groups excluding carboxylic acids is 1. The third-order valence-electron chi connectivity index (χ3n) is 4.57. The first kappa shape index (κ1) is 22.7. The van der Waals surface area contributed by atoms with Crippen LogP contribution in [0.15, 0.2) is 58.3 Å². The molecule has 2 aromatic carbocycles. The van der Waals surface area contributed by atoms with Crippen molar-refractivity contribution >= 4 is 54.2 Å². The minimum absolute atomic E-state index is 0.0867. The Kier molecular flexibility index (Phi) is 7.51. The van der Waals surface area contributed by atoms with E-state index in [1.807, 2.05) is 37.4 Å². The number of hydrogen-bond acceptors (Lipinski definition) is 7. The Morgan fingerprint density at radius 3 is 2.50 bits per heavy atom. The van der Waals surface area contributed by atoms with E-state index in [9.17, 15) is 13.2 Å². The van der Waals surface area contributed by atoms with Crippen molar-refractivity contribution in [3.05, 3.63) is 48.5 Å². The number of thioether (sulfide) groups is 1. The summed E-state index contributed by atoms with van der Waals surface area (Å²) in [5.41, 5.74) is 0.840. The molecule has 0 atom stereocenters. The fourth-order valence-electron chi connectivity index (χ4n) is 2.86. The predicted molar refractivity (Wildman–Crippen MR) is 125 cm³/mol. The van der Waals surface area contributed by atoms with Crippen LogP contribution in [-0.2, 0) is 14.6 Å². The number of rotatable bonds is 9. The lowest BCUT2D eigenvalue weighted by molar-refractivity contribution is -0.118. The highest BCUT2D eigenvalue weighted by Gasteiger charge is 2.23. The molecule has 160 valence electrons. The summed E-state index contributed by atoms with van der Waals surface area (Å²) < 4.78 is 26.2. The zero-order chi connectivity index (χ0) is 21.7. The molecule has 0 bridgehead atoms. The van der Waals surface area contributed by atoms with Crippen molar-refractivity contribution in [1.29, 1.82) is 0 Å². The molecule has 0 saturated carbocycles. The molecule has 0 aliphatic rings. The van der Waals surface area contributed by atoms with E-state index in [0.29, 0.717) is 18.2 Å². The van der Waals surface area contributed by atoms with Crippen molar-refractivity contribution < 1.29 is 13.2 Å². The standard InChI is InChI=1S/C21H25N3O3S3/c1-23(2)12-13-24(21-22-18-10-9-16(28-3)15-19(18)29-21)20(25)11-14-30(26,27)17-7-5-4-6-8-17/h4-10,15H,11-14H2,1-3H3. The maximum absolute atomic E-state index is 13.0. The summed E-state index contributed by atoms with van der Waals surface area (Å²) in [6.45, 7) is 1.11. The molecule has 0 aliphatic heterocycles. The lowest BCUT2D eigenvalue weighted by Crippen LogP contribution is -2.37. The lowest BCUT2D eigenvalue weighted by atomic mass is 10.3. The number of hydrogen-bond donors (Lipinski definition) is 0. The number of aromatic nitrogens is 1. The van der Waals surface area contributed by atoms with Gasteiger partial charge in [0.1, 0.15) is 0 Å². The van der Waals surface area contributed by atoms with Gasteiger partial charge in [-0.15, -0.1) is 11.8 Å². The van der Waals surface area contributed by atoms with E-state index in [1.165, 1.54) is 11.3 Å². The Morgan fingerprint density at radius 1 is 1.10 bits per heavy atom. The second-order valence-electron chi connectivity index (χ2n) is 7.06. The van der Waals surface area contributed by atoms with Crippen LogP contribution in [0.1, 0.15) is 6.42 Å². The summed E-state index contributed by atoms with van der Waals surface area (Å²) >= 11 is 3.11. The molecule has 0 unspecified atom stereocenters. The first-order valence-corrected chi connectivity index (χ1v) is 13.2. The molecule has 3 aromatic rings. The molecule has 0 radical (unpaired) electrons. The highest BCUT2D eigenvalue weighted by atomic mass is 32.2. The van der Waals surface area contributed by atoms with Gasteiger partial charge in [-0.25, -0.2) is 13.4 Å². The second-order valence-corrected chi connectivity index (χ2v) is 11.1. The molecule has 3 rings (SSSR count). The van der Waals surface area contributed by atoms with Gasteiger partial charge >= 0.3 is 0 Å². The number of anilines is 1. The van der Waals surface area contributed by atoms with Crippen molar-refractivity contribution in [1.82, 2.24) is 9.88 Å². The summed E-state index contributed by atoms with van der Waals surface area (Å²) in [5, 5.41) is 0.604. The first-order valence-electron chi connectivity index (χ1n) is 9.47. The summed E-state index contributed by atoms with van der Waals surface area (Å²) in [6.07, 6.45) is 1.93. The van der Waals surface area contributed by atoms with Gasteiger partial charge in [0.2, 0.25) is 5.91 Å². The fourth-order valence-corrected chi connectivity index (χ4v) is 5.68. The topological polar surface area (TPSA) is 70.6 Å². The molecule has 0 N–H and O–H groups in total. The summed E-state index contributed by atoms with van der Waals surface area (Å²) in [5.74, 6) is -0.462. The highest BCUT2D eigenvalue weighted by molar-refractivity contribution is 7.98. The third kappa shape index (κ3) is 5.60. The Labute approximate surface area is 185 Å². The van der Waals surface area contributed by atoms with Crippen LogP contribution in [0.5, 0.6) is 0 Å². The van der Waals surface area contributed by atoms with Crippen LogP contribution >= 0.6 is 23.1 Å². The number of nitrogens with zero attached hydrogens (tertiary/aromatic N) is 3. The van der Waals surface area contributed by atoms with E-state index in [4.69, 9.17) is 0 Å². The van der Waals surface area contributed by atoms with Gasteiger partial charge in [-0.05, 0) is 50.7 Å². The normalized spacial score (nSPS) is 11.9. The minimum atomic E-state index is -3.51. The van der Waals surface area contributed by atoms with Crippen LogP contribution in [0.25, 0.3) is 10.2 Å². The maximum Gasteiger partial charge on any atom is 0.229 e. The van der Waals surface area contributed by atoms with Gasteiger partial charge in [0, 0.05) is 24.4 Å². The minimum Gasteiger partial charge on any atom is -0.308 e. The molecule has 0 aliphatic carbocycles. The van der Waals surface area contributed by atoms with Gasteiger partial charge in [-0.3, -0.25) is 9.69 Å². The number of thiazole rings is 1. The number of fused-ring (bicyclic) bond motifs is 1. The van der Waals surface area contributed by atoms with Crippen LogP contribution < -0.4 is 4.90 Å². The number of benzene rings is 2.